The molecule has 7 heteroatoms. The van der Waals surface area contributed by atoms with Gasteiger partial charge in [-0.1, -0.05) is 5.21 Å². The molecule has 2 N–H and O–H groups in total. The highest BCUT2D eigenvalue weighted by Crippen LogP contribution is 2.22. The van der Waals surface area contributed by atoms with Crippen molar-refractivity contribution in [3.05, 3.63) is 47.2 Å². The normalized spacial score (nSPS) is 11.3. The lowest BCUT2D eigenvalue weighted by atomic mass is 10.1. The van der Waals surface area contributed by atoms with Gasteiger partial charge in [0.25, 0.3) is 5.91 Å². The number of H-pyrrole nitrogens is 1. The van der Waals surface area contributed by atoms with Gasteiger partial charge in [0.05, 0.1) is 16.7 Å². The molecular formula is C17H16N6O. The smallest absolute Gasteiger partial charge is 0.256 e. The fourth-order valence-electron chi connectivity index (χ4n) is 2.85. The van der Waals surface area contributed by atoms with Crippen molar-refractivity contribution in [2.75, 3.05) is 5.32 Å². The summed E-state index contributed by atoms with van der Waals surface area (Å²) in [5.41, 5.74) is 5.66. The monoisotopic (exact) mass is 320 g/mol. The number of carbonyl (C=O) groups excluding carboxylic acids is 1. The zero-order valence-corrected chi connectivity index (χ0v) is 13.6. The van der Waals surface area contributed by atoms with Crippen LogP contribution in [0.15, 0.2) is 30.3 Å². The minimum atomic E-state index is -0.166. The zero-order valence-electron chi connectivity index (χ0n) is 13.6. The van der Waals surface area contributed by atoms with Crippen LogP contribution in [-0.4, -0.2) is 31.1 Å². The first kappa shape index (κ1) is 14.4. The molecule has 0 saturated heterocycles. The summed E-state index contributed by atoms with van der Waals surface area (Å²) in [4.78, 5) is 12.7. The first-order valence-corrected chi connectivity index (χ1v) is 7.59. The van der Waals surface area contributed by atoms with E-state index in [-0.39, 0.29) is 5.91 Å². The predicted molar refractivity (Wildman–Crippen MR) is 92.0 cm³/mol. The van der Waals surface area contributed by atoms with E-state index < -0.39 is 0 Å². The summed E-state index contributed by atoms with van der Waals surface area (Å²) in [7, 11) is 1.83. The first-order chi connectivity index (χ1) is 11.5. The number of anilines is 1. The van der Waals surface area contributed by atoms with E-state index in [2.05, 4.69) is 25.8 Å². The van der Waals surface area contributed by atoms with Gasteiger partial charge >= 0.3 is 0 Å². The SMILES string of the molecule is Cc1cc2c(cc1C(=O)Nc1ccc3[nH]nc(C)c3c1)nnn2C. The molecule has 2 aromatic carbocycles. The molecule has 2 aromatic heterocycles. The van der Waals surface area contributed by atoms with Crippen LogP contribution in [0.2, 0.25) is 0 Å². The lowest BCUT2D eigenvalue weighted by molar-refractivity contribution is 0.102. The topological polar surface area (TPSA) is 88.5 Å². The summed E-state index contributed by atoms with van der Waals surface area (Å²) in [5, 5.41) is 19.1. The lowest BCUT2D eigenvalue weighted by Gasteiger charge is -2.08. The van der Waals surface area contributed by atoms with Gasteiger partial charge in [0.2, 0.25) is 0 Å². The molecule has 0 atom stereocenters. The number of benzene rings is 2. The van der Waals surface area contributed by atoms with Crippen molar-refractivity contribution in [1.29, 1.82) is 0 Å². The fraction of sp³-hybridized carbons (Fsp3) is 0.176. The third-order valence-electron chi connectivity index (χ3n) is 4.21. The van der Waals surface area contributed by atoms with Crippen LogP contribution < -0.4 is 5.32 Å². The number of aromatic amines is 1. The van der Waals surface area contributed by atoms with Crippen molar-refractivity contribution in [3.63, 3.8) is 0 Å². The molecule has 0 radical (unpaired) electrons. The summed E-state index contributed by atoms with van der Waals surface area (Å²) in [6.45, 7) is 3.83. The van der Waals surface area contributed by atoms with Gasteiger partial charge in [-0.25, -0.2) is 4.68 Å². The summed E-state index contributed by atoms with van der Waals surface area (Å²) in [6, 6.07) is 9.38. The van der Waals surface area contributed by atoms with Crippen molar-refractivity contribution < 1.29 is 4.79 Å². The Morgan fingerprint density at radius 1 is 1.21 bits per heavy atom. The first-order valence-electron chi connectivity index (χ1n) is 7.59. The molecular weight excluding hydrogens is 304 g/mol. The number of nitrogens with one attached hydrogen (secondary N) is 2. The summed E-state index contributed by atoms with van der Waals surface area (Å²) in [5.74, 6) is -0.166. The second kappa shape index (κ2) is 5.16. The number of rotatable bonds is 2. The highest BCUT2D eigenvalue weighted by atomic mass is 16.1. The van der Waals surface area contributed by atoms with Crippen molar-refractivity contribution in [1.82, 2.24) is 25.2 Å². The van der Waals surface area contributed by atoms with Crippen LogP contribution in [0.3, 0.4) is 0 Å². The van der Waals surface area contributed by atoms with Gasteiger partial charge in [0.15, 0.2) is 0 Å². The molecule has 24 heavy (non-hydrogen) atoms. The van der Waals surface area contributed by atoms with E-state index in [1.54, 1.807) is 10.7 Å². The summed E-state index contributed by atoms with van der Waals surface area (Å²) >= 11 is 0. The minimum absolute atomic E-state index is 0.166. The highest BCUT2D eigenvalue weighted by molar-refractivity contribution is 6.07. The number of fused-ring (bicyclic) bond motifs is 2. The maximum atomic E-state index is 12.7. The summed E-state index contributed by atoms with van der Waals surface area (Å²) in [6.07, 6.45) is 0. The van der Waals surface area contributed by atoms with E-state index in [1.165, 1.54) is 0 Å². The number of carbonyl (C=O) groups is 1. The van der Waals surface area contributed by atoms with E-state index >= 15 is 0 Å². The molecule has 4 aromatic rings. The van der Waals surface area contributed by atoms with Crippen molar-refractivity contribution in [2.45, 2.75) is 13.8 Å². The maximum absolute atomic E-state index is 12.7. The Kier molecular flexibility index (Phi) is 3.09. The predicted octanol–water partition coefficient (Wildman–Crippen LogP) is 2.71. The third-order valence-corrected chi connectivity index (χ3v) is 4.21. The van der Waals surface area contributed by atoms with E-state index in [0.29, 0.717) is 11.1 Å². The van der Waals surface area contributed by atoms with E-state index in [4.69, 9.17) is 0 Å². The molecule has 0 saturated carbocycles. The average Bonchev–Trinajstić information content (AvgIpc) is 3.10. The Morgan fingerprint density at radius 2 is 2.04 bits per heavy atom. The number of aromatic nitrogens is 5. The van der Waals surface area contributed by atoms with Crippen LogP contribution >= 0.6 is 0 Å². The highest BCUT2D eigenvalue weighted by Gasteiger charge is 2.14. The second-order valence-corrected chi connectivity index (χ2v) is 5.89. The number of hydrogen-bond donors (Lipinski definition) is 2. The molecule has 2 heterocycles. The van der Waals surface area contributed by atoms with Gasteiger partial charge in [-0.15, -0.1) is 5.10 Å². The van der Waals surface area contributed by atoms with Gasteiger partial charge < -0.3 is 5.32 Å². The number of amides is 1. The van der Waals surface area contributed by atoms with Gasteiger partial charge in [-0.2, -0.15) is 5.10 Å². The molecule has 1 amide bonds. The van der Waals surface area contributed by atoms with Crippen molar-refractivity contribution >= 4 is 33.5 Å². The average molecular weight is 320 g/mol. The van der Waals surface area contributed by atoms with E-state index in [1.807, 2.05) is 45.2 Å². The fourth-order valence-corrected chi connectivity index (χ4v) is 2.85. The summed E-state index contributed by atoms with van der Waals surface area (Å²) < 4.78 is 1.69. The zero-order chi connectivity index (χ0) is 16.8. The van der Waals surface area contributed by atoms with E-state index in [9.17, 15) is 4.79 Å². The Bertz CT molecular complexity index is 1090. The number of nitrogens with zero attached hydrogens (tertiary/aromatic N) is 4. The second-order valence-electron chi connectivity index (χ2n) is 5.89. The van der Waals surface area contributed by atoms with Crippen LogP contribution in [0.1, 0.15) is 21.6 Å². The Balaban J connectivity index is 1.70. The molecule has 0 spiro atoms. The van der Waals surface area contributed by atoms with Crippen molar-refractivity contribution in [3.8, 4) is 0 Å². The molecule has 0 aliphatic heterocycles. The molecule has 0 aliphatic rings. The van der Waals surface area contributed by atoms with Crippen LogP contribution in [0.25, 0.3) is 21.9 Å². The van der Waals surface area contributed by atoms with Crippen LogP contribution in [-0.2, 0) is 7.05 Å². The Labute approximate surface area is 137 Å². The van der Waals surface area contributed by atoms with E-state index in [0.717, 1.165) is 33.4 Å². The molecule has 0 unspecified atom stereocenters. The maximum Gasteiger partial charge on any atom is 0.256 e. The Hall–Kier alpha value is -3.22. The van der Waals surface area contributed by atoms with Gasteiger partial charge in [0.1, 0.15) is 5.52 Å². The van der Waals surface area contributed by atoms with Gasteiger partial charge in [-0.05, 0) is 49.7 Å². The molecule has 120 valence electrons. The molecule has 7 nitrogen and oxygen atoms in total. The molecule has 0 bridgehead atoms. The number of hydrogen-bond acceptors (Lipinski definition) is 4. The van der Waals surface area contributed by atoms with Gasteiger partial charge in [0, 0.05) is 23.7 Å². The largest absolute Gasteiger partial charge is 0.322 e. The molecule has 0 aliphatic carbocycles. The standard InChI is InChI=1S/C17H16N6O/c1-9-6-16-15(21-22-23(16)3)8-12(9)17(24)18-11-4-5-14-13(7-11)10(2)19-20-14/h4-8H,1-3H3,(H,18,24)(H,19,20). The number of aryl methyl sites for hydroxylation is 3. The van der Waals surface area contributed by atoms with Crippen molar-refractivity contribution in [2.24, 2.45) is 7.05 Å². The third kappa shape index (κ3) is 2.21. The van der Waals surface area contributed by atoms with Crippen LogP contribution in [0, 0.1) is 13.8 Å². The quantitative estimate of drug-likeness (QED) is 0.594. The van der Waals surface area contributed by atoms with Crippen LogP contribution in [0.4, 0.5) is 5.69 Å². The van der Waals surface area contributed by atoms with Gasteiger partial charge in [-0.3, -0.25) is 9.89 Å². The molecule has 4 rings (SSSR count). The Morgan fingerprint density at radius 3 is 2.88 bits per heavy atom. The van der Waals surface area contributed by atoms with Crippen LogP contribution in [0.5, 0.6) is 0 Å². The lowest BCUT2D eigenvalue weighted by Crippen LogP contribution is -2.13. The minimum Gasteiger partial charge on any atom is -0.322 e. The molecule has 0 fully saturated rings.